The Labute approximate surface area is 93.5 Å². The summed E-state index contributed by atoms with van der Waals surface area (Å²) in [4.78, 5) is 11.0. The number of rotatable bonds is 2. The number of carbonyl (C=O) groups excluding carboxylic acids is 1. The number of alkyl halides is 1. The summed E-state index contributed by atoms with van der Waals surface area (Å²) in [6, 6.07) is 0. The lowest BCUT2D eigenvalue weighted by Crippen LogP contribution is -2.47. The van der Waals surface area contributed by atoms with Gasteiger partial charge in [0.25, 0.3) is 0 Å². The van der Waals surface area contributed by atoms with Crippen LogP contribution in [0.3, 0.4) is 0 Å². The molecule has 0 aliphatic carbocycles. The molecule has 0 spiro atoms. The fourth-order valence-corrected chi connectivity index (χ4v) is 2.34. The Morgan fingerprint density at radius 1 is 1.71 bits per heavy atom. The molecule has 0 aromatic rings. The second kappa shape index (κ2) is 4.73. The Balaban J connectivity index is 2.54. The van der Waals surface area contributed by atoms with E-state index in [-0.39, 0.29) is 12.0 Å². The lowest BCUT2D eigenvalue weighted by Gasteiger charge is -2.39. The fourth-order valence-electron chi connectivity index (χ4n) is 1.26. The Hall–Kier alpha value is 0.0700. The molecule has 5 heteroatoms. The Morgan fingerprint density at radius 2 is 2.36 bits per heavy atom. The Bertz CT molecular complexity index is 224. The van der Waals surface area contributed by atoms with Gasteiger partial charge < -0.3 is 9.47 Å². The Kier molecular flexibility index (Phi) is 4.10. The van der Waals surface area contributed by atoms with Crippen LogP contribution in [0, 0.1) is 0 Å². The van der Waals surface area contributed by atoms with E-state index in [9.17, 15) is 4.79 Å². The zero-order valence-electron chi connectivity index (χ0n) is 8.58. The molecule has 0 radical (unpaired) electrons. The minimum Gasteiger partial charge on any atom is -0.432 e. The summed E-state index contributed by atoms with van der Waals surface area (Å²) in [5, 5.41) is 0.428. The van der Waals surface area contributed by atoms with Crippen molar-refractivity contribution in [3.8, 4) is 0 Å². The quantitative estimate of drug-likeness (QED) is 0.545. The average Bonchev–Trinajstić information content (AvgIpc) is 2.12. The maximum absolute atomic E-state index is 11.0. The van der Waals surface area contributed by atoms with E-state index in [0.29, 0.717) is 11.0 Å². The molecule has 0 amide bonds. The summed E-state index contributed by atoms with van der Waals surface area (Å²) in [5.74, 6) is -0.728. The number of carbonyl (C=O) groups is 1. The van der Waals surface area contributed by atoms with Crippen LogP contribution in [0.15, 0.2) is 0 Å². The smallest absolute Gasteiger partial charge is 0.323 e. The van der Waals surface area contributed by atoms with E-state index in [1.165, 1.54) is 0 Å². The van der Waals surface area contributed by atoms with Crippen LogP contribution in [-0.2, 0) is 14.3 Å². The van der Waals surface area contributed by atoms with Gasteiger partial charge in [0.2, 0.25) is 5.79 Å². The third-order valence-electron chi connectivity index (χ3n) is 2.14. The lowest BCUT2D eigenvalue weighted by atomic mass is 10.2. The van der Waals surface area contributed by atoms with Crippen LogP contribution in [0.5, 0.6) is 0 Å². The van der Waals surface area contributed by atoms with Crippen molar-refractivity contribution in [1.82, 2.24) is 0 Å². The molecule has 0 N–H and O–H groups in total. The van der Waals surface area contributed by atoms with E-state index in [0.717, 1.165) is 0 Å². The molecule has 3 unspecified atom stereocenters. The number of hydrogen-bond donors (Lipinski definition) is 0. The molecule has 1 rings (SSSR count). The zero-order chi connectivity index (χ0) is 10.8. The van der Waals surface area contributed by atoms with Crippen LogP contribution in [0.4, 0.5) is 0 Å². The molecular formula is C9H15ClO3S. The lowest BCUT2D eigenvalue weighted by molar-refractivity contribution is -0.228. The molecule has 1 heterocycles. The first-order chi connectivity index (χ1) is 6.47. The van der Waals surface area contributed by atoms with Crippen molar-refractivity contribution >= 4 is 29.3 Å². The normalized spacial score (nSPS) is 38.0. The van der Waals surface area contributed by atoms with E-state index in [1.54, 1.807) is 18.7 Å². The van der Waals surface area contributed by atoms with Crippen molar-refractivity contribution in [2.75, 3.05) is 11.6 Å². The van der Waals surface area contributed by atoms with Crippen LogP contribution < -0.4 is 0 Å². The van der Waals surface area contributed by atoms with Gasteiger partial charge in [-0.25, -0.2) is 0 Å². The predicted molar refractivity (Wildman–Crippen MR) is 57.7 cm³/mol. The number of esters is 1. The Morgan fingerprint density at radius 3 is 2.86 bits per heavy atom. The largest absolute Gasteiger partial charge is 0.432 e. The molecule has 1 aliphatic heterocycles. The topological polar surface area (TPSA) is 35.5 Å². The highest BCUT2D eigenvalue weighted by Gasteiger charge is 2.38. The standard InChI is InChI=1S/C9H15ClO3S/c1-6-7(2)14-5-9(3,12-6)13-8(11)4-10/h6-7H,4-5H2,1-3H3. The molecular weight excluding hydrogens is 224 g/mol. The van der Waals surface area contributed by atoms with Gasteiger partial charge in [-0.3, -0.25) is 4.79 Å². The highest BCUT2D eigenvalue weighted by atomic mass is 35.5. The molecule has 82 valence electrons. The van der Waals surface area contributed by atoms with Crippen molar-refractivity contribution in [3.05, 3.63) is 0 Å². The van der Waals surface area contributed by atoms with E-state index in [2.05, 4.69) is 6.92 Å². The highest BCUT2D eigenvalue weighted by Crippen LogP contribution is 2.33. The number of hydrogen-bond acceptors (Lipinski definition) is 4. The van der Waals surface area contributed by atoms with Gasteiger partial charge in [0.05, 0.1) is 11.9 Å². The SMILES string of the molecule is CC1OC(C)(OC(=O)CCl)CSC1C. The fraction of sp³-hybridized carbons (Fsp3) is 0.889. The second-order valence-electron chi connectivity index (χ2n) is 3.58. The van der Waals surface area contributed by atoms with Gasteiger partial charge in [-0.15, -0.1) is 23.4 Å². The summed E-state index contributed by atoms with van der Waals surface area (Å²) >= 11 is 7.10. The molecule has 3 atom stereocenters. The minimum absolute atomic E-state index is 0.0851. The van der Waals surface area contributed by atoms with E-state index in [1.807, 2.05) is 6.92 Å². The predicted octanol–water partition coefficient (Wildman–Crippen LogP) is 2.02. The number of halogens is 1. The third kappa shape index (κ3) is 3.04. The summed E-state index contributed by atoms with van der Waals surface area (Å²) in [6.45, 7) is 5.84. The molecule has 0 aromatic carbocycles. The first kappa shape index (κ1) is 12.1. The van der Waals surface area contributed by atoms with Gasteiger partial charge in [0.1, 0.15) is 5.88 Å². The molecule has 3 nitrogen and oxygen atoms in total. The van der Waals surface area contributed by atoms with Crippen molar-refractivity contribution in [3.63, 3.8) is 0 Å². The van der Waals surface area contributed by atoms with Crippen LogP contribution in [0.2, 0.25) is 0 Å². The summed E-state index contributed by atoms with van der Waals surface area (Å²) in [7, 11) is 0. The van der Waals surface area contributed by atoms with Crippen molar-refractivity contribution in [2.24, 2.45) is 0 Å². The van der Waals surface area contributed by atoms with Crippen LogP contribution in [0.25, 0.3) is 0 Å². The van der Waals surface area contributed by atoms with Crippen molar-refractivity contribution < 1.29 is 14.3 Å². The summed E-state index contributed by atoms with van der Waals surface area (Å²) < 4.78 is 10.8. The molecule has 0 bridgehead atoms. The first-order valence-electron chi connectivity index (χ1n) is 4.54. The molecule has 0 aromatic heterocycles. The van der Waals surface area contributed by atoms with Crippen LogP contribution in [0.1, 0.15) is 20.8 Å². The molecule has 1 saturated heterocycles. The monoisotopic (exact) mass is 238 g/mol. The third-order valence-corrected chi connectivity index (χ3v) is 3.96. The molecule has 0 saturated carbocycles. The van der Waals surface area contributed by atoms with Gasteiger partial charge in [-0.05, 0) is 6.92 Å². The first-order valence-corrected chi connectivity index (χ1v) is 6.12. The maximum atomic E-state index is 11.0. The van der Waals surface area contributed by atoms with Gasteiger partial charge in [-0.1, -0.05) is 6.92 Å². The van der Waals surface area contributed by atoms with Crippen LogP contribution in [-0.4, -0.2) is 34.7 Å². The van der Waals surface area contributed by atoms with E-state index < -0.39 is 11.8 Å². The van der Waals surface area contributed by atoms with Crippen LogP contribution >= 0.6 is 23.4 Å². The van der Waals surface area contributed by atoms with Gasteiger partial charge in [0.15, 0.2) is 0 Å². The van der Waals surface area contributed by atoms with Crippen molar-refractivity contribution in [1.29, 1.82) is 0 Å². The molecule has 1 aliphatic rings. The number of thioether (sulfide) groups is 1. The van der Waals surface area contributed by atoms with Gasteiger partial charge in [-0.2, -0.15) is 0 Å². The molecule has 14 heavy (non-hydrogen) atoms. The number of ether oxygens (including phenoxy) is 2. The highest BCUT2D eigenvalue weighted by molar-refractivity contribution is 8.00. The minimum atomic E-state index is -0.817. The van der Waals surface area contributed by atoms with Gasteiger partial charge in [0, 0.05) is 12.2 Å². The zero-order valence-corrected chi connectivity index (χ0v) is 10.2. The summed E-state index contributed by atoms with van der Waals surface area (Å²) in [6.07, 6.45) is 0.0851. The second-order valence-corrected chi connectivity index (χ2v) is 5.21. The average molecular weight is 239 g/mol. The maximum Gasteiger partial charge on any atom is 0.323 e. The van der Waals surface area contributed by atoms with E-state index in [4.69, 9.17) is 21.1 Å². The van der Waals surface area contributed by atoms with Crippen molar-refractivity contribution in [2.45, 2.75) is 37.9 Å². The van der Waals surface area contributed by atoms with Gasteiger partial charge >= 0.3 is 5.97 Å². The summed E-state index contributed by atoms with van der Waals surface area (Å²) in [5.41, 5.74) is 0. The molecule has 1 fully saturated rings. The van der Waals surface area contributed by atoms with E-state index >= 15 is 0 Å².